The molecule has 0 unspecified atom stereocenters. The fourth-order valence-corrected chi connectivity index (χ4v) is 1.25. The van der Waals surface area contributed by atoms with Crippen LogP contribution in [0, 0.1) is 0 Å². The van der Waals surface area contributed by atoms with Crippen molar-refractivity contribution in [2.75, 3.05) is 7.11 Å². The predicted molar refractivity (Wildman–Crippen MR) is 47.1 cm³/mol. The number of benzene rings is 1. The third kappa shape index (κ3) is 3.15. The molecule has 1 aromatic rings. The number of ether oxygens (including phenoxy) is 1. The van der Waals surface area contributed by atoms with Crippen LogP contribution in [0.2, 0.25) is 0 Å². The topological polar surface area (TPSA) is 49.4 Å². The number of methoxy groups -OCH3 is 1. The number of rotatable bonds is 3. The Bertz CT molecular complexity index is 399. The van der Waals surface area contributed by atoms with Crippen LogP contribution in [-0.4, -0.2) is 19.3 Å². The summed E-state index contributed by atoms with van der Waals surface area (Å²) in [5.41, 5.74) is -0.331. The predicted octanol–water partition coefficient (Wildman–Crippen LogP) is 1.16. The van der Waals surface area contributed by atoms with E-state index in [1.807, 2.05) is 0 Å². The molecule has 1 aromatic carbocycles. The molecule has 0 fully saturated rings. The highest BCUT2D eigenvalue weighted by Crippen LogP contribution is 2.25. The van der Waals surface area contributed by atoms with Gasteiger partial charge < -0.3 is 14.6 Å². The van der Waals surface area contributed by atoms with Crippen LogP contribution in [0.25, 0.3) is 0 Å². The van der Waals surface area contributed by atoms with Crippen LogP contribution in [-0.2, 0) is 6.42 Å². The van der Waals surface area contributed by atoms with Gasteiger partial charge in [0.25, 0.3) is 0 Å². The number of carboxylic acid groups (broad SMARTS) is 1. The van der Waals surface area contributed by atoms with Crippen molar-refractivity contribution < 1.29 is 27.8 Å². The van der Waals surface area contributed by atoms with Gasteiger partial charge in [-0.3, -0.25) is 0 Å². The van der Waals surface area contributed by atoms with Crippen molar-refractivity contribution in [2.45, 2.75) is 12.6 Å². The summed E-state index contributed by atoms with van der Waals surface area (Å²) in [7, 11) is 1.18. The average molecular weight is 233 g/mol. The highest BCUT2D eigenvalue weighted by atomic mass is 19.4. The van der Waals surface area contributed by atoms with E-state index in [0.29, 0.717) is 0 Å². The molecular formula is C10H8F3O3-. The van der Waals surface area contributed by atoms with Crippen molar-refractivity contribution in [3.8, 4) is 5.75 Å². The molecule has 0 radical (unpaired) electrons. The molecule has 0 aliphatic carbocycles. The lowest BCUT2D eigenvalue weighted by Crippen LogP contribution is -2.23. The first-order chi connectivity index (χ1) is 7.33. The van der Waals surface area contributed by atoms with E-state index in [-0.39, 0.29) is 16.9 Å². The van der Waals surface area contributed by atoms with Gasteiger partial charge in [0, 0.05) is 5.56 Å². The quantitative estimate of drug-likeness (QED) is 0.787. The lowest BCUT2D eigenvalue weighted by molar-refractivity contribution is -0.255. The zero-order chi connectivity index (χ0) is 12.3. The minimum Gasteiger partial charge on any atom is -0.545 e. The van der Waals surface area contributed by atoms with Gasteiger partial charge in [0.1, 0.15) is 5.75 Å². The first-order valence-corrected chi connectivity index (χ1v) is 4.28. The summed E-state index contributed by atoms with van der Waals surface area (Å²) < 4.78 is 40.9. The maximum atomic E-state index is 12.1. The van der Waals surface area contributed by atoms with Crippen molar-refractivity contribution in [1.29, 1.82) is 0 Å². The van der Waals surface area contributed by atoms with Gasteiger partial charge in [-0.05, 0) is 17.7 Å². The number of hydrogen-bond acceptors (Lipinski definition) is 3. The second-order valence-electron chi connectivity index (χ2n) is 3.11. The summed E-state index contributed by atoms with van der Waals surface area (Å²) >= 11 is 0. The Labute approximate surface area is 89.5 Å². The first-order valence-electron chi connectivity index (χ1n) is 4.28. The largest absolute Gasteiger partial charge is 0.545 e. The summed E-state index contributed by atoms with van der Waals surface area (Å²) in [4.78, 5) is 10.6. The van der Waals surface area contributed by atoms with E-state index in [4.69, 9.17) is 0 Å². The molecule has 0 amide bonds. The van der Waals surface area contributed by atoms with Crippen molar-refractivity contribution in [3.05, 3.63) is 29.3 Å². The summed E-state index contributed by atoms with van der Waals surface area (Å²) in [6, 6.07) is 3.16. The second kappa shape index (κ2) is 4.42. The molecule has 0 bridgehead atoms. The van der Waals surface area contributed by atoms with Crippen LogP contribution in [0.5, 0.6) is 5.75 Å². The van der Waals surface area contributed by atoms with E-state index in [9.17, 15) is 23.1 Å². The van der Waals surface area contributed by atoms with Gasteiger partial charge in [-0.2, -0.15) is 13.2 Å². The molecule has 0 N–H and O–H groups in total. The molecule has 0 heterocycles. The third-order valence-corrected chi connectivity index (χ3v) is 1.89. The molecule has 88 valence electrons. The Morgan fingerprint density at radius 3 is 2.50 bits per heavy atom. The molecule has 1 rings (SSSR count). The molecular weight excluding hydrogens is 225 g/mol. The monoisotopic (exact) mass is 233 g/mol. The van der Waals surface area contributed by atoms with Gasteiger partial charge in [0.15, 0.2) is 0 Å². The van der Waals surface area contributed by atoms with E-state index in [1.165, 1.54) is 7.11 Å². The highest BCUT2D eigenvalue weighted by Gasteiger charge is 2.27. The molecule has 6 heteroatoms. The van der Waals surface area contributed by atoms with Gasteiger partial charge in [-0.1, -0.05) is 6.07 Å². The minimum atomic E-state index is -4.34. The summed E-state index contributed by atoms with van der Waals surface area (Å²) in [6.45, 7) is 0. The summed E-state index contributed by atoms with van der Waals surface area (Å²) in [5.74, 6) is -1.63. The smallest absolute Gasteiger partial charge is 0.393 e. The molecule has 0 saturated carbocycles. The third-order valence-electron chi connectivity index (χ3n) is 1.89. The molecule has 0 aliphatic heterocycles. The van der Waals surface area contributed by atoms with E-state index in [0.717, 1.165) is 18.2 Å². The summed E-state index contributed by atoms with van der Waals surface area (Å²) in [6.07, 6.45) is -5.47. The van der Waals surface area contributed by atoms with Gasteiger partial charge >= 0.3 is 6.18 Å². The number of aromatic carboxylic acids is 1. The molecule has 0 aromatic heterocycles. The van der Waals surface area contributed by atoms with Crippen LogP contribution in [0.3, 0.4) is 0 Å². The lowest BCUT2D eigenvalue weighted by Gasteiger charge is -2.12. The van der Waals surface area contributed by atoms with Gasteiger partial charge in [0.2, 0.25) is 0 Å². The van der Waals surface area contributed by atoms with E-state index in [1.54, 1.807) is 0 Å². The SMILES string of the molecule is COc1cc(CC(F)(F)F)ccc1C(=O)[O-]. The molecule has 0 saturated heterocycles. The van der Waals surface area contributed by atoms with Gasteiger partial charge in [-0.25, -0.2) is 0 Å². The zero-order valence-electron chi connectivity index (χ0n) is 8.30. The van der Waals surface area contributed by atoms with Crippen molar-refractivity contribution in [2.24, 2.45) is 0 Å². The number of carbonyl (C=O) groups excluding carboxylic acids is 1. The van der Waals surface area contributed by atoms with Gasteiger partial charge in [-0.15, -0.1) is 0 Å². The van der Waals surface area contributed by atoms with Crippen LogP contribution in [0.15, 0.2) is 18.2 Å². The molecule has 0 aliphatic rings. The Hall–Kier alpha value is -1.72. The fraction of sp³-hybridized carbons (Fsp3) is 0.300. The van der Waals surface area contributed by atoms with Gasteiger partial charge in [0.05, 0.1) is 19.5 Å². The maximum absolute atomic E-state index is 12.1. The minimum absolute atomic E-state index is 0.0608. The maximum Gasteiger partial charge on any atom is 0.393 e. The van der Waals surface area contributed by atoms with Crippen LogP contribution in [0.1, 0.15) is 15.9 Å². The normalized spacial score (nSPS) is 11.2. The summed E-state index contributed by atoms with van der Waals surface area (Å²) in [5, 5.41) is 10.6. The average Bonchev–Trinajstić information content (AvgIpc) is 2.14. The Morgan fingerprint density at radius 1 is 1.44 bits per heavy atom. The number of carbonyl (C=O) groups is 1. The molecule has 0 atom stereocenters. The Morgan fingerprint density at radius 2 is 2.06 bits per heavy atom. The first kappa shape index (κ1) is 12.4. The Balaban J connectivity index is 3.05. The standard InChI is InChI=1S/C10H9F3O3/c1-16-8-4-6(5-10(11,12)13)2-3-7(8)9(14)15/h2-4H,5H2,1H3,(H,14,15)/p-1. The lowest BCUT2D eigenvalue weighted by atomic mass is 10.1. The molecule has 3 nitrogen and oxygen atoms in total. The second-order valence-corrected chi connectivity index (χ2v) is 3.11. The van der Waals surface area contributed by atoms with Crippen molar-refractivity contribution >= 4 is 5.97 Å². The number of carboxylic acids is 1. The van der Waals surface area contributed by atoms with Crippen LogP contribution < -0.4 is 9.84 Å². The molecule has 0 spiro atoms. The number of halogens is 3. The fourth-order valence-electron chi connectivity index (χ4n) is 1.25. The highest BCUT2D eigenvalue weighted by molar-refractivity contribution is 5.89. The van der Waals surface area contributed by atoms with Crippen molar-refractivity contribution in [3.63, 3.8) is 0 Å². The van der Waals surface area contributed by atoms with Crippen LogP contribution in [0.4, 0.5) is 13.2 Å². The Kier molecular flexibility index (Phi) is 3.41. The molecule has 16 heavy (non-hydrogen) atoms. The van der Waals surface area contributed by atoms with E-state index in [2.05, 4.69) is 4.74 Å². The van der Waals surface area contributed by atoms with E-state index >= 15 is 0 Å². The zero-order valence-corrected chi connectivity index (χ0v) is 8.30. The number of hydrogen-bond donors (Lipinski definition) is 0. The number of alkyl halides is 3. The van der Waals surface area contributed by atoms with E-state index < -0.39 is 18.6 Å². The van der Waals surface area contributed by atoms with Crippen LogP contribution >= 0.6 is 0 Å². The van der Waals surface area contributed by atoms with Crippen molar-refractivity contribution in [1.82, 2.24) is 0 Å².